The standard InChI is InChI=1S/C14H19N5OS/c1-10-12(21-9-16-10)5-6-19(4)13-8-15-7-11(17-13)14(20)18(2)3/h7-9H,5-6H2,1-4H3. The van der Waals surface area contributed by atoms with E-state index < -0.39 is 0 Å². The molecule has 0 aliphatic rings. The van der Waals surface area contributed by atoms with Gasteiger partial charge in [-0.05, 0) is 6.92 Å². The fourth-order valence-corrected chi connectivity index (χ4v) is 2.59. The first kappa shape index (κ1) is 15.4. The molecule has 2 aromatic rings. The molecule has 0 atom stereocenters. The molecule has 2 rings (SSSR count). The number of aromatic nitrogens is 3. The van der Waals surface area contributed by atoms with E-state index in [9.17, 15) is 4.79 Å². The number of aryl methyl sites for hydroxylation is 1. The molecule has 112 valence electrons. The van der Waals surface area contributed by atoms with Gasteiger partial charge in [-0.25, -0.2) is 9.97 Å². The number of hydrogen-bond donors (Lipinski definition) is 0. The van der Waals surface area contributed by atoms with Crippen molar-refractivity contribution in [3.05, 3.63) is 34.2 Å². The van der Waals surface area contributed by atoms with Crippen LogP contribution in [0.25, 0.3) is 0 Å². The van der Waals surface area contributed by atoms with E-state index in [0.717, 1.165) is 18.7 Å². The fraction of sp³-hybridized carbons (Fsp3) is 0.429. The Bertz CT molecular complexity index is 625. The maximum absolute atomic E-state index is 11.9. The van der Waals surface area contributed by atoms with Crippen LogP contribution in [0.3, 0.4) is 0 Å². The Kier molecular flexibility index (Phi) is 4.85. The van der Waals surface area contributed by atoms with E-state index >= 15 is 0 Å². The summed E-state index contributed by atoms with van der Waals surface area (Å²) in [7, 11) is 5.35. The molecule has 21 heavy (non-hydrogen) atoms. The summed E-state index contributed by atoms with van der Waals surface area (Å²) in [4.78, 5) is 29.4. The maximum Gasteiger partial charge on any atom is 0.273 e. The molecular weight excluding hydrogens is 286 g/mol. The summed E-state index contributed by atoms with van der Waals surface area (Å²) in [6.07, 6.45) is 4.07. The Labute approximate surface area is 128 Å². The highest BCUT2D eigenvalue weighted by Crippen LogP contribution is 2.15. The van der Waals surface area contributed by atoms with Crippen LogP contribution in [0.2, 0.25) is 0 Å². The number of nitrogens with zero attached hydrogens (tertiary/aromatic N) is 5. The van der Waals surface area contributed by atoms with Gasteiger partial charge in [0, 0.05) is 39.0 Å². The van der Waals surface area contributed by atoms with E-state index in [2.05, 4.69) is 15.0 Å². The zero-order chi connectivity index (χ0) is 15.4. The number of carbonyl (C=O) groups is 1. The molecular formula is C14H19N5OS. The Morgan fingerprint density at radius 1 is 1.29 bits per heavy atom. The van der Waals surface area contributed by atoms with Crippen LogP contribution in [0, 0.1) is 6.92 Å². The average molecular weight is 305 g/mol. The van der Waals surface area contributed by atoms with Gasteiger partial charge in [0.2, 0.25) is 0 Å². The third-order valence-electron chi connectivity index (χ3n) is 3.16. The third kappa shape index (κ3) is 3.75. The molecule has 2 heterocycles. The maximum atomic E-state index is 11.9. The average Bonchev–Trinajstić information content (AvgIpc) is 2.89. The van der Waals surface area contributed by atoms with Gasteiger partial charge in [0.1, 0.15) is 11.5 Å². The highest BCUT2D eigenvalue weighted by molar-refractivity contribution is 7.09. The summed E-state index contributed by atoms with van der Waals surface area (Å²) in [6, 6.07) is 0. The normalized spacial score (nSPS) is 10.5. The number of hydrogen-bond acceptors (Lipinski definition) is 6. The Hall–Kier alpha value is -2.02. The zero-order valence-corrected chi connectivity index (χ0v) is 13.5. The minimum Gasteiger partial charge on any atom is -0.358 e. The highest BCUT2D eigenvalue weighted by atomic mass is 32.1. The van der Waals surface area contributed by atoms with Crippen LogP contribution >= 0.6 is 11.3 Å². The van der Waals surface area contributed by atoms with E-state index in [1.54, 1.807) is 31.6 Å². The predicted octanol–water partition coefficient (Wildman–Crippen LogP) is 1.62. The number of anilines is 1. The molecule has 0 aromatic carbocycles. The van der Waals surface area contributed by atoms with Crippen molar-refractivity contribution >= 4 is 23.1 Å². The molecule has 0 radical (unpaired) electrons. The minimum atomic E-state index is -0.143. The first-order valence-electron chi connectivity index (χ1n) is 6.63. The SMILES string of the molecule is Cc1ncsc1CCN(C)c1cncc(C(=O)N(C)C)n1. The second kappa shape index (κ2) is 6.62. The van der Waals surface area contributed by atoms with E-state index in [4.69, 9.17) is 0 Å². The van der Waals surface area contributed by atoms with E-state index in [-0.39, 0.29) is 5.91 Å². The monoisotopic (exact) mass is 305 g/mol. The summed E-state index contributed by atoms with van der Waals surface area (Å²) in [5, 5.41) is 0. The highest BCUT2D eigenvalue weighted by Gasteiger charge is 2.13. The van der Waals surface area contributed by atoms with Crippen molar-refractivity contribution in [2.45, 2.75) is 13.3 Å². The molecule has 0 aliphatic heterocycles. The Morgan fingerprint density at radius 3 is 2.67 bits per heavy atom. The van der Waals surface area contributed by atoms with Gasteiger partial charge in [0.05, 0.1) is 23.6 Å². The topological polar surface area (TPSA) is 62.2 Å². The first-order valence-corrected chi connectivity index (χ1v) is 7.51. The van der Waals surface area contributed by atoms with Crippen LogP contribution < -0.4 is 4.90 Å². The molecule has 0 spiro atoms. The van der Waals surface area contributed by atoms with Gasteiger partial charge in [-0.2, -0.15) is 0 Å². The summed E-state index contributed by atoms with van der Waals surface area (Å²) in [6.45, 7) is 2.82. The summed E-state index contributed by atoms with van der Waals surface area (Å²) >= 11 is 1.66. The van der Waals surface area contributed by atoms with Gasteiger partial charge >= 0.3 is 0 Å². The fourth-order valence-electron chi connectivity index (χ4n) is 1.82. The van der Waals surface area contributed by atoms with Crippen molar-refractivity contribution in [2.24, 2.45) is 0 Å². The largest absolute Gasteiger partial charge is 0.358 e. The predicted molar refractivity (Wildman–Crippen MR) is 83.9 cm³/mol. The number of amides is 1. The van der Waals surface area contributed by atoms with E-state index in [1.807, 2.05) is 24.4 Å². The van der Waals surface area contributed by atoms with Crippen LogP contribution in [0.5, 0.6) is 0 Å². The van der Waals surface area contributed by atoms with Crippen LogP contribution in [0.15, 0.2) is 17.9 Å². The molecule has 7 heteroatoms. The van der Waals surface area contributed by atoms with E-state index in [1.165, 1.54) is 16.0 Å². The van der Waals surface area contributed by atoms with Crippen molar-refractivity contribution in [1.82, 2.24) is 19.9 Å². The van der Waals surface area contributed by atoms with Crippen LogP contribution in [0.1, 0.15) is 21.1 Å². The summed E-state index contributed by atoms with van der Waals surface area (Å²) in [5.74, 6) is 0.556. The van der Waals surface area contributed by atoms with Gasteiger partial charge in [0.25, 0.3) is 5.91 Å². The number of carbonyl (C=O) groups excluding carboxylic acids is 1. The summed E-state index contributed by atoms with van der Waals surface area (Å²) < 4.78 is 0. The van der Waals surface area contributed by atoms with Gasteiger partial charge in [-0.1, -0.05) is 0 Å². The van der Waals surface area contributed by atoms with Crippen molar-refractivity contribution in [3.63, 3.8) is 0 Å². The molecule has 6 nitrogen and oxygen atoms in total. The van der Waals surface area contributed by atoms with Crippen LogP contribution in [-0.4, -0.2) is 53.4 Å². The minimum absolute atomic E-state index is 0.143. The lowest BCUT2D eigenvalue weighted by molar-refractivity contribution is 0.0821. The van der Waals surface area contributed by atoms with Crippen molar-refractivity contribution < 1.29 is 4.79 Å². The van der Waals surface area contributed by atoms with Crippen molar-refractivity contribution in [3.8, 4) is 0 Å². The second-order valence-electron chi connectivity index (χ2n) is 4.99. The number of likely N-dealkylation sites (N-methyl/N-ethyl adjacent to an activating group) is 1. The molecule has 0 saturated heterocycles. The smallest absolute Gasteiger partial charge is 0.273 e. The molecule has 0 fully saturated rings. The third-order valence-corrected chi connectivity index (χ3v) is 4.15. The zero-order valence-electron chi connectivity index (χ0n) is 12.7. The molecule has 0 bridgehead atoms. The summed E-state index contributed by atoms with van der Waals surface area (Å²) in [5.41, 5.74) is 3.30. The lowest BCUT2D eigenvalue weighted by Crippen LogP contribution is -2.26. The number of thiazole rings is 1. The molecule has 1 amide bonds. The molecule has 0 unspecified atom stereocenters. The molecule has 0 N–H and O–H groups in total. The Morgan fingerprint density at radius 2 is 2.05 bits per heavy atom. The van der Waals surface area contributed by atoms with E-state index in [0.29, 0.717) is 11.5 Å². The lowest BCUT2D eigenvalue weighted by Gasteiger charge is -2.18. The van der Waals surface area contributed by atoms with Gasteiger partial charge in [-0.3, -0.25) is 9.78 Å². The Balaban J connectivity index is 2.05. The van der Waals surface area contributed by atoms with Crippen molar-refractivity contribution in [1.29, 1.82) is 0 Å². The molecule has 0 saturated carbocycles. The first-order chi connectivity index (χ1) is 9.99. The van der Waals surface area contributed by atoms with Crippen LogP contribution in [0.4, 0.5) is 5.82 Å². The number of rotatable bonds is 5. The lowest BCUT2D eigenvalue weighted by atomic mass is 10.3. The second-order valence-corrected chi connectivity index (χ2v) is 5.93. The molecule has 2 aromatic heterocycles. The van der Waals surface area contributed by atoms with Gasteiger partial charge < -0.3 is 9.80 Å². The van der Waals surface area contributed by atoms with Gasteiger partial charge in [0.15, 0.2) is 0 Å². The van der Waals surface area contributed by atoms with Crippen LogP contribution in [-0.2, 0) is 6.42 Å². The molecule has 0 aliphatic carbocycles. The quantitative estimate of drug-likeness (QED) is 0.840. The van der Waals surface area contributed by atoms with Crippen molar-refractivity contribution in [2.75, 3.05) is 32.6 Å². The van der Waals surface area contributed by atoms with Gasteiger partial charge in [-0.15, -0.1) is 11.3 Å².